The van der Waals surface area contributed by atoms with Crippen molar-refractivity contribution in [2.75, 3.05) is 0 Å². The van der Waals surface area contributed by atoms with Gasteiger partial charge in [0.25, 0.3) is 0 Å². The maximum atomic E-state index is 12.9. The fraction of sp³-hybridized carbons (Fsp3) is 0.0741. The Bertz CT molecular complexity index is 1140. The Morgan fingerprint density at radius 1 is 0.788 bits per heavy atom. The Labute approximate surface area is 209 Å². The van der Waals surface area contributed by atoms with Crippen LogP contribution < -0.4 is 10.5 Å². The Morgan fingerprint density at radius 2 is 1.30 bits per heavy atom. The number of nitrogens with two attached hydrogens (primary N) is 1. The molecule has 3 N–H and O–H groups in total. The normalized spacial score (nSPS) is 11.3. The summed E-state index contributed by atoms with van der Waals surface area (Å²) in [7, 11) is -3.74. The molecule has 0 fully saturated rings. The number of hydrogen-bond acceptors (Lipinski definition) is 3. The summed E-state index contributed by atoms with van der Waals surface area (Å²) < 4.78 is 28.5. The number of benzene rings is 4. The Morgan fingerprint density at radius 3 is 1.79 bits per heavy atom. The van der Waals surface area contributed by atoms with Gasteiger partial charge in [-0.3, -0.25) is 0 Å². The zero-order valence-corrected chi connectivity index (χ0v) is 20.8. The van der Waals surface area contributed by atoms with Crippen LogP contribution >= 0.6 is 0 Å². The maximum absolute atomic E-state index is 12.9. The molecule has 0 saturated carbocycles. The van der Waals surface area contributed by atoms with Crippen LogP contribution in [0.5, 0.6) is 0 Å². The maximum Gasteiger partial charge on any atom is 2.00 e. The van der Waals surface area contributed by atoms with Gasteiger partial charge in [0.05, 0.1) is 4.90 Å². The molecule has 0 aliphatic carbocycles. The third kappa shape index (κ3) is 7.95. The van der Waals surface area contributed by atoms with Gasteiger partial charge in [0.2, 0.25) is 10.0 Å². The van der Waals surface area contributed by atoms with Crippen LogP contribution in [0.2, 0.25) is 0 Å². The molecular weight excluding hydrogens is 517 g/mol. The molecular formula is C27H26N2O2RuS. The molecule has 0 heterocycles. The van der Waals surface area contributed by atoms with Crippen molar-refractivity contribution in [1.82, 2.24) is 4.72 Å². The molecule has 1 atom stereocenters. The van der Waals surface area contributed by atoms with Crippen molar-refractivity contribution in [3.63, 3.8) is 0 Å². The van der Waals surface area contributed by atoms with Crippen molar-refractivity contribution in [2.24, 2.45) is 5.73 Å². The summed E-state index contributed by atoms with van der Waals surface area (Å²) in [6.45, 7) is 1.91. The van der Waals surface area contributed by atoms with Crippen LogP contribution in [-0.2, 0) is 29.5 Å². The molecule has 0 aliphatic heterocycles. The number of hydrogen-bond donors (Lipinski definition) is 2. The molecule has 4 aromatic carbocycles. The fourth-order valence-electron chi connectivity index (χ4n) is 3.01. The van der Waals surface area contributed by atoms with Gasteiger partial charge in [-0.05, 0) is 24.6 Å². The summed E-state index contributed by atoms with van der Waals surface area (Å²) >= 11 is 0. The van der Waals surface area contributed by atoms with E-state index in [1.54, 1.807) is 24.3 Å². The second kappa shape index (κ2) is 13.1. The summed E-state index contributed by atoms with van der Waals surface area (Å²) in [5, 5.41) is 0. The number of aryl methyl sites for hydroxylation is 1. The van der Waals surface area contributed by atoms with E-state index in [0.717, 1.165) is 16.7 Å². The molecule has 0 radical (unpaired) electrons. The minimum atomic E-state index is -3.74. The van der Waals surface area contributed by atoms with Gasteiger partial charge in [-0.1, -0.05) is 60.1 Å². The molecule has 0 spiro atoms. The molecule has 0 unspecified atom stereocenters. The first-order valence-electron chi connectivity index (χ1n) is 10.2. The number of sulfonamides is 1. The quantitative estimate of drug-likeness (QED) is 0.265. The largest absolute Gasteiger partial charge is 2.00 e. The third-order valence-electron chi connectivity index (χ3n) is 4.74. The van der Waals surface area contributed by atoms with Gasteiger partial charge in [-0.2, -0.15) is 54.1 Å². The Balaban J connectivity index is 0.000000479. The van der Waals surface area contributed by atoms with Crippen molar-refractivity contribution in [1.29, 1.82) is 0 Å². The van der Waals surface area contributed by atoms with E-state index in [1.807, 2.05) is 97.9 Å². The molecule has 4 aromatic rings. The zero-order chi connectivity index (χ0) is 22.8. The Hall–Kier alpha value is -2.76. The summed E-state index contributed by atoms with van der Waals surface area (Å²) in [6, 6.07) is 37.8. The van der Waals surface area contributed by atoms with E-state index in [2.05, 4.69) is 10.8 Å². The molecule has 0 aliphatic rings. The minimum Gasteiger partial charge on any atom is -0.329 e. The average Bonchev–Trinajstić information content (AvgIpc) is 2.85. The third-order valence-corrected chi connectivity index (χ3v) is 6.12. The van der Waals surface area contributed by atoms with Crippen molar-refractivity contribution >= 4 is 10.0 Å². The topological polar surface area (TPSA) is 72.2 Å². The van der Waals surface area contributed by atoms with E-state index in [1.165, 1.54) is 0 Å². The van der Waals surface area contributed by atoms with E-state index >= 15 is 0 Å². The van der Waals surface area contributed by atoms with Crippen LogP contribution in [0.15, 0.2) is 120 Å². The van der Waals surface area contributed by atoms with Gasteiger partial charge in [0.15, 0.2) is 0 Å². The number of nitrogens with one attached hydrogen (secondary N) is 1. The minimum absolute atomic E-state index is 0. The van der Waals surface area contributed by atoms with Crippen LogP contribution in [0.3, 0.4) is 0 Å². The van der Waals surface area contributed by atoms with Crippen LogP contribution in [0.1, 0.15) is 22.7 Å². The predicted octanol–water partition coefficient (Wildman–Crippen LogP) is 5.04. The van der Waals surface area contributed by atoms with Gasteiger partial charge in [-0.25, -0.2) is 13.1 Å². The van der Waals surface area contributed by atoms with E-state index in [4.69, 9.17) is 5.73 Å². The molecule has 170 valence electrons. The van der Waals surface area contributed by atoms with Gasteiger partial charge in [-0.15, -0.1) is 12.1 Å². The van der Waals surface area contributed by atoms with E-state index in [9.17, 15) is 8.42 Å². The van der Waals surface area contributed by atoms with Crippen LogP contribution in [0.25, 0.3) is 0 Å². The van der Waals surface area contributed by atoms with Crippen LogP contribution in [0.4, 0.5) is 0 Å². The molecule has 6 heteroatoms. The van der Waals surface area contributed by atoms with E-state index in [-0.39, 0.29) is 24.4 Å². The van der Waals surface area contributed by atoms with Gasteiger partial charge < -0.3 is 5.73 Å². The summed E-state index contributed by atoms with van der Waals surface area (Å²) in [4.78, 5) is 0.205. The van der Waals surface area contributed by atoms with E-state index < -0.39 is 16.1 Å². The van der Waals surface area contributed by atoms with Gasteiger partial charge in [0, 0.05) is 6.04 Å². The predicted molar refractivity (Wildman–Crippen MR) is 129 cm³/mol. The van der Waals surface area contributed by atoms with Crippen LogP contribution in [0, 0.1) is 19.0 Å². The monoisotopic (exact) mass is 544 g/mol. The zero-order valence-electron chi connectivity index (χ0n) is 18.2. The van der Waals surface area contributed by atoms with Crippen LogP contribution in [-0.4, -0.2) is 8.42 Å². The molecule has 33 heavy (non-hydrogen) atoms. The molecule has 0 bridgehead atoms. The average molecular weight is 544 g/mol. The smallest absolute Gasteiger partial charge is 0.329 e. The molecule has 4 nitrogen and oxygen atoms in total. The first-order chi connectivity index (χ1) is 15.5. The molecule has 0 aromatic heterocycles. The van der Waals surface area contributed by atoms with Crippen molar-refractivity contribution < 1.29 is 27.9 Å². The molecule has 0 amide bonds. The molecule has 4 rings (SSSR count). The summed E-state index contributed by atoms with van der Waals surface area (Å²) in [5.41, 5.74) is 8.98. The Kier molecular flexibility index (Phi) is 10.5. The summed E-state index contributed by atoms with van der Waals surface area (Å²) in [5.74, 6) is 0. The SMILES string of the molecule is Cc1ccc(S(=O)(=O)N[C-](c2ccccc2)[C@@H](N)c2ccccc2)cc1.[Ru+2].[c-]1ccccc1. The van der Waals surface area contributed by atoms with Gasteiger partial charge >= 0.3 is 19.5 Å². The van der Waals surface area contributed by atoms with Crippen molar-refractivity contribution in [3.05, 3.63) is 144 Å². The molecule has 0 saturated heterocycles. The summed E-state index contributed by atoms with van der Waals surface area (Å²) in [6.07, 6.45) is 0. The van der Waals surface area contributed by atoms with Crippen molar-refractivity contribution in [2.45, 2.75) is 17.9 Å². The van der Waals surface area contributed by atoms with E-state index in [0.29, 0.717) is 6.04 Å². The second-order valence-corrected chi connectivity index (χ2v) is 8.85. The standard InChI is InChI=1S/C21H21N2O2S.C6H5.Ru/c1-16-12-14-19(15-13-16)26(24,25)23-21(18-10-6-3-7-11-18)20(22)17-8-4-2-5-9-17;1-2-4-6-5-3-1;/h2-15,20,23H,22H2,1H3;1-5H;/q2*-1;+2/t20-;;/m0../s1. The number of rotatable bonds is 6. The van der Waals surface area contributed by atoms with Crippen molar-refractivity contribution in [3.8, 4) is 0 Å². The van der Waals surface area contributed by atoms with Gasteiger partial charge in [0.1, 0.15) is 0 Å². The first-order valence-corrected chi connectivity index (χ1v) is 11.7. The fourth-order valence-corrected chi connectivity index (χ4v) is 4.16. The first kappa shape index (κ1) is 26.5. The second-order valence-electron chi connectivity index (χ2n) is 7.16.